The summed E-state index contributed by atoms with van der Waals surface area (Å²) in [6, 6.07) is 3.54. The zero-order valence-electron chi connectivity index (χ0n) is 31.8. The van der Waals surface area contributed by atoms with Gasteiger partial charge in [-0.05, 0) is 93.9 Å². The molecular formula is C38H48F3N5O9S. The molecule has 2 aliphatic carbocycles. The van der Waals surface area contributed by atoms with Crippen molar-refractivity contribution in [1.29, 1.82) is 0 Å². The van der Waals surface area contributed by atoms with Crippen LogP contribution in [0.2, 0.25) is 0 Å². The lowest BCUT2D eigenvalue weighted by atomic mass is 9.85. The van der Waals surface area contributed by atoms with Crippen LogP contribution < -0.4 is 19.5 Å². The van der Waals surface area contributed by atoms with Crippen LogP contribution in [0.1, 0.15) is 72.6 Å². The van der Waals surface area contributed by atoms with Crippen molar-refractivity contribution in [1.82, 2.24) is 24.8 Å². The number of ether oxygens (including phenoxy) is 2. The molecular weight excluding hydrogens is 760 g/mol. The molecule has 1 aromatic carbocycles. The molecule has 1 aromatic heterocycles. The SMILES string of the molecule is COc1ccc2c(O[C@@H]3C[C@H]4C(=O)N[C@]5(C(=O)NS(=O)(=O)C6CC6)C[C@H]5C=CCC[C@@H](C)C[C@@H](C)[C@H](N(C(=O)O)C(C)(C)C(F)(F)F)C(=O)N4C3)nccc2c1. The van der Waals surface area contributed by atoms with E-state index in [1.807, 2.05) is 6.92 Å². The van der Waals surface area contributed by atoms with Gasteiger partial charge in [0, 0.05) is 23.9 Å². The fraction of sp³-hybridized carbons (Fsp3) is 0.605. The van der Waals surface area contributed by atoms with Crippen molar-refractivity contribution in [3.05, 3.63) is 42.6 Å². The first-order chi connectivity index (χ1) is 26.2. The first-order valence-corrected chi connectivity index (χ1v) is 20.3. The Balaban J connectivity index is 1.42. The maximum Gasteiger partial charge on any atom is 0.411 e. The highest BCUT2D eigenvalue weighted by Crippen LogP contribution is 2.47. The Morgan fingerprint density at radius 2 is 1.82 bits per heavy atom. The van der Waals surface area contributed by atoms with Crippen molar-refractivity contribution < 1.29 is 55.3 Å². The number of fused-ring (bicyclic) bond motifs is 3. The fourth-order valence-corrected chi connectivity index (χ4v) is 9.36. The average Bonchev–Trinajstić information content (AvgIpc) is 4.04. The number of methoxy groups -OCH3 is 1. The third-order valence-electron chi connectivity index (χ3n) is 11.6. The van der Waals surface area contributed by atoms with Gasteiger partial charge < -0.3 is 24.8 Å². The van der Waals surface area contributed by atoms with Crippen LogP contribution in [-0.4, -0.2) is 106 Å². The highest BCUT2D eigenvalue weighted by atomic mass is 32.2. The van der Waals surface area contributed by atoms with Crippen LogP contribution in [0.5, 0.6) is 11.6 Å². The largest absolute Gasteiger partial charge is 0.497 e. The number of halogens is 3. The topological polar surface area (TPSA) is 185 Å². The summed E-state index contributed by atoms with van der Waals surface area (Å²) in [5, 5.41) is 13.7. The molecule has 56 heavy (non-hydrogen) atoms. The highest BCUT2D eigenvalue weighted by Gasteiger charge is 2.63. The Kier molecular flexibility index (Phi) is 11.0. The number of amides is 4. The number of carbonyl (C=O) groups is 4. The number of allylic oxidation sites excluding steroid dienone is 1. The summed E-state index contributed by atoms with van der Waals surface area (Å²) in [6.45, 7) is 4.41. The molecule has 0 bridgehead atoms. The second kappa shape index (κ2) is 15.0. The molecule has 2 aromatic rings. The number of carboxylic acid groups (broad SMARTS) is 1. The number of pyridine rings is 1. The number of hydrogen-bond acceptors (Lipinski definition) is 9. The standard InChI is InChI=1S/C38H48F3N5O9S/c1-21-8-6-7-9-24-19-37(24,34(49)44-56(52,53)27-11-12-27)43-31(47)29-18-26(55-32-28-13-10-25(54-5)17-23(28)14-15-42-32)20-45(29)33(48)30(22(2)16-21)46(35(50)51)36(3,4)38(39,40)41/h7,9-10,13-15,17,21-22,24,26-27,29-30H,6,8,11-12,16,18-20H2,1-5H3,(H,43,47)(H,44,49)(H,50,51)/t21-,22-,24-,26-,29+,30+,37-/m1/s1. The number of rotatable bonds is 8. The fourth-order valence-electron chi connectivity index (χ4n) is 7.99. The number of sulfonamides is 1. The summed E-state index contributed by atoms with van der Waals surface area (Å²) in [5.74, 6) is -3.85. The van der Waals surface area contributed by atoms with Gasteiger partial charge >= 0.3 is 12.3 Å². The Hall–Kier alpha value is -4.61. The molecule has 2 saturated carbocycles. The molecule has 1 saturated heterocycles. The average molecular weight is 808 g/mol. The molecule has 306 valence electrons. The van der Waals surface area contributed by atoms with Gasteiger partial charge in [0.25, 0.3) is 5.91 Å². The van der Waals surface area contributed by atoms with Crippen LogP contribution in [0.4, 0.5) is 18.0 Å². The Morgan fingerprint density at radius 3 is 2.46 bits per heavy atom. The lowest BCUT2D eigenvalue weighted by Gasteiger charge is -2.45. The van der Waals surface area contributed by atoms with E-state index in [9.17, 15) is 45.9 Å². The third kappa shape index (κ3) is 7.98. The number of carbonyl (C=O) groups excluding carboxylic acids is 3. The van der Waals surface area contributed by atoms with E-state index in [4.69, 9.17) is 9.47 Å². The van der Waals surface area contributed by atoms with Crippen LogP contribution in [0.15, 0.2) is 42.6 Å². The zero-order chi connectivity index (χ0) is 41.0. The van der Waals surface area contributed by atoms with Gasteiger partial charge in [0.2, 0.25) is 27.7 Å². The number of alkyl halides is 3. The summed E-state index contributed by atoms with van der Waals surface area (Å²) >= 11 is 0. The van der Waals surface area contributed by atoms with Gasteiger partial charge in [0.15, 0.2) is 0 Å². The molecule has 18 heteroatoms. The van der Waals surface area contributed by atoms with Gasteiger partial charge in [0.1, 0.15) is 35.0 Å². The molecule has 6 rings (SSSR count). The Bertz CT molecular complexity index is 2020. The van der Waals surface area contributed by atoms with Crippen molar-refractivity contribution in [3.63, 3.8) is 0 Å². The molecule has 3 fully saturated rings. The van der Waals surface area contributed by atoms with Crippen molar-refractivity contribution in [2.75, 3.05) is 13.7 Å². The summed E-state index contributed by atoms with van der Waals surface area (Å²) in [5.41, 5.74) is -4.72. The van der Waals surface area contributed by atoms with Gasteiger partial charge in [-0.3, -0.25) is 24.0 Å². The minimum absolute atomic E-state index is 0.0625. The van der Waals surface area contributed by atoms with E-state index in [-0.39, 0.29) is 42.5 Å². The maximum absolute atomic E-state index is 14.9. The summed E-state index contributed by atoms with van der Waals surface area (Å²) in [6.07, 6.45) is -1.20. The Morgan fingerprint density at radius 1 is 1.11 bits per heavy atom. The smallest absolute Gasteiger partial charge is 0.411 e. The third-order valence-corrected chi connectivity index (χ3v) is 13.4. The predicted octanol–water partition coefficient (Wildman–Crippen LogP) is 4.78. The van der Waals surface area contributed by atoms with Crippen LogP contribution >= 0.6 is 0 Å². The van der Waals surface area contributed by atoms with E-state index in [0.29, 0.717) is 56.1 Å². The summed E-state index contributed by atoms with van der Waals surface area (Å²) < 4.78 is 83.4. The number of nitrogens with one attached hydrogen (secondary N) is 2. The maximum atomic E-state index is 14.9. The molecule has 7 atom stereocenters. The highest BCUT2D eigenvalue weighted by molar-refractivity contribution is 7.91. The minimum Gasteiger partial charge on any atom is -0.497 e. The quantitative estimate of drug-likeness (QED) is 0.314. The molecule has 14 nitrogen and oxygen atoms in total. The zero-order valence-corrected chi connectivity index (χ0v) is 32.7. The molecule has 4 amide bonds. The van der Waals surface area contributed by atoms with Crippen molar-refractivity contribution in [3.8, 4) is 11.6 Å². The molecule has 3 heterocycles. The van der Waals surface area contributed by atoms with E-state index in [1.54, 1.807) is 36.4 Å². The molecule has 4 aliphatic rings. The molecule has 0 unspecified atom stereocenters. The van der Waals surface area contributed by atoms with Gasteiger partial charge in [-0.25, -0.2) is 18.2 Å². The normalized spacial score (nSPS) is 29.0. The van der Waals surface area contributed by atoms with Crippen LogP contribution in [0.25, 0.3) is 10.8 Å². The van der Waals surface area contributed by atoms with Crippen molar-refractivity contribution in [2.45, 2.75) is 113 Å². The van der Waals surface area contributed by atoms with Crippen molar-refractivity contribution >= 4 is 44.6 Å². The van der Waals surface area contributed by atoms with Crippen LogP contribution in [-0.2, 0) is 24.4 Å². The molecule has 0 radical (unpaired) electrons. The monoisotopic (exact) mass is 807 g/mol. The lowest BCUT2D eigenvalue weighted by Crippen LogP contribution is -2.66. The second-order valence-electron chi connectivity index (χ2n) is 16.1. The van der Waals surface area contributed by atoms with E-state index in [0.717, 1.165) is 4.90 Å². The van der Waals surface area contributed by atoms with E-state index >= 15 is 0 Å². The number of aromatic nitrogens is 1. The summed E-state index contributed by atoms with van der Waals surface area (Å²) in [4.78, 5) is 61.6. The Labute approximate surface area is 323 Å². The van der Waals surface area contributed by atoms with E-state index in [1.165, 1.54) is 20.2 Å². The van der Waals surface area contributed by atoms with Gasteiger partial charge in [-0.2, -0.15) is 13.2 Å². The number of benzene rings is 1. The van der Waals surface area contributed by atoms with E-state index < -0.39 is 86.4 Å². The van der Waals surface area contributed by atoms with E-state index in [2.05, 4.69) is 15.0 Å². The van der Waals surface area contributed by atoms with Gasteiger partial charge in [-0.15, -0.1) is 0 Å². The first-order valence-electron chi connectivity index (χ1n) is 18.7. The van der Waals surface area contributed by atoms with Crippen molar-refractivity contribution in [2.24, 2.45) is 17.8 Å². The predicted molar refractivity (Wildman–Crippen MR) is 197 cm³/mol. The van der Waals surface area contributed by atoms with Crippen LogP contribution in [0.3, 0.4) is 0 Å². The van der Waals surface area contributed by atoms with Gasteiger partial charge in [-0.1, -0.05) is 26.0 Å². The molecule has 3 N–H and O–H groups in total. The number of hydrogen-bond donors (Lipinski definition) is 3. The summed E-state index contributed by atoms with van der Waals surface area (Å²) in [7, 11) is -2.50. The lowest BCUT2D eigenvalue weighted by molar-refractivity contribution is -0.222. The minimum atomic E-state index is -5.09. The molecule has 0 spiro atoms. The molecule has 2 aliphatic heterocycles. The first kappa shape index (κ1) is 41.0. The van der Waals surface area contributed by atoms with Gasteiger partial charge in [0.05, 0.1) is 18.9 Å². The second-order valence-corrected chi connectivity index (χ2v) is 18.1. The number of nitrogens with zero attached hydrogens (tertiary/aromatic N) is 3. The van der Waals surface area contributed by atoms with Crippen LogP contribution in [0, 0.1) is 17.8 Å².